The maximum absolute atomic E-state index is 12.6. The number of nitrogens with one attached hydrogen (secondary N) is 2. The summed E-state index contributed by atoms with van der Waals surface area (Å²) in [5, 5.41) is 7.87. The number of aromatic amines is 2. The number of nitrogens with zero attached hydrogens (tertiary/aromatic N) is 1. The first-order valence-corrected chi connectivity index (χ1v) is 8.91. The van der Waals surface area contributed by atoms with Gasteiger partial charge >= 0.3 is 0 Å². The molecule has 5 rings (SSSR count). The molecule has 2 aromatic carbocycles. The molecule has 2 N–H and O–H groups in total. The van der Waals surface area contributed by atoms with Crippen molar-refractivity contribution in [3.8, 4) is 11.1 Å². The van der Waals surface area contributed by atoms with Crippen LogP contribution >= 0.6 is 0 Å². The van der Waals surface area contributed by atoms with Gasteiger partial charge in [0, 0.05) is 23.8 Å². The first-order valence-electron chi connectivity index (χ1n) is 8.91. The SMILES string of the molecule is O=c1cc(Cc2ccc(-c3ccccc3)cc2)[nH]c2n[nH]c(C3=CC=C3)c12. The average Bonchev–Trinajstić information content (AvgIpc) is 3.06. The van der Waals surface area contributed by atoms with Gasteiger partial charge in [-0.05, 0) is 16.7 Å². The minimum absolute atomic E-state index is 0.00962. The van der Waals surface area contributed by atoms with Crippen molar-refractivity contribution in [2.75, 3.05) is 0 Å². The molecular formula is C23H17N3O. The van der Waals surface area contributed by atoms with Gasteiger partial charge in [-0.15, -0.1) is 0 Å². The highest BCUT2D eigenvalue weighted by molar-refractivity contribution is 5.93. The van der Waals surface area contributed by atoms with Crippen LogP contribution in [0, 0.1) is 0 Å². The summed E-state index contributed by atoms with van der Waals surface area (Å²) in [5.74, 6) is 0. The van der Waals surface area contributed by atoms with Gasteiger partial charge in [0.15, 0.2) is 11.1 Å². The lowest BCUT2D eigenvalue weighted by Crippen LogP contribution is -2.06. The molecule has 130 valence electrons. The Bertz CT molecular complexity index is 1240. The maximum atomic E-state index is 12.6. The van der Waals surface area contributed by atoms with E-state index in [1.165, 1.54) is 11.1 Å². The second kappa shape index (κ2) is 6.25. The van der Waals surface area contributed by atoms with Gasteiger partial charge in [-0.25, -0.2) is 0 Å². The lowest BCUT2D eigenvalue weighted by molar-refractivity contribution is 1.05. The monoisotopic (exact) mass is 351 g/mol. The quantitative estimate of drug-likeness (QED) is 0.570. The van der Waals surface area contributed by atoms with Crippen molar-refractivity contribution in [2.45, 2.75) is 6.42 Å². The summed E-state index contributed by atoms with van der Waals surface area (Å²) in [5.41, 5.74) is 6.77. The Kier molecular flexibility index (Phi) is 3.61. The molecule has 0 fully saturated rings. The van der Waals surface area contributed by atoms with Crippen LogP contribution in [0.2, 0.25) is 0 Å². The van der Waals surface area contributed by atoms with Gasteiger partial charge in [0.25, 0.3) is 0 Å². The molecule has 0 bridgehead atoms. The third-order valence-electron chi connectivity index (χ3n) is 4.89. The van der Waals surface area contributed by atoms with E-state index in [9.17, 15) is 4.79 Å². The number of allylic oxidation sites excluding steroid dienone is 4. The number of hydrogen-bond acceptors (Lipinski definition) is 2. The van der Waals surface area contributed by atoms with Crippen LogP contribution in [0.3, 0.4) is 0 Å². The molecule has 0 atom stereocenters. The van der Waals surface area contributed by atoms with Gasteiger partial charge < -0.3 is 4.98 Å². The zero-order valence-electron chi connectivity index (χ0n) is 14.6. The molecule has 2 heterocycles. The van der Waals surface area contributed by atoms with Crippen LogP contribution in [0.15, 0.2) is 83.7 Å². The molecule has 4 aromatic rings. The smallest absolute Gasteiger partial charge is 0.193 e. The van der Waals surface area contributed by atoms with Crippen molar-refractivity contribution < 1.29 is 0 Å². The van der Waals surface area contributed by atoms with Crippen molar-refractivity contribution in [3.63, 3.8) is 0 Å². The van der Waals surface area contributed by atoms with E-state index >= 15 is 0 Å². The second-order valence-electron chi connectivity index (χ2n) is 6.70. The van der Waals surface area contributed by atoms with E-state index in [2.05, 4.69) is 51.6 Å². The Hall–Kier alpha value is -3.66. The second-order valence-corrected chi connectivity index (χ2v) is 6.70. The molecule has 4 nitrogen and oxygen atoms in total. The first-order chi connectivity index (χ1) is 13.3. The van der Waals surface area contributed by atoms with Gasteiger partial charge in [0.1, 0.15) is 0 Å². The van der Waals surface area contributed by atoms with Crippen molar-refractivity contribution >= 4 is 16.6 Å². The van der Waals surface area contributed by atoms with Crippen LogP contribution in [0.25, 0.3) is 27.7 Å². The summed E-state index contributed by atoms with van der Waals surface area (Å²) in [7, 11) is 0. The molecule has 0 saturated heterocycles. The summed E-state index contributed by atoms with van der Waals surface area (Å²) in [6.45, 7) is 0. The summed E-state index contributed by atoms with van der Waals surface area (Å²) in [6, 6.07) is 20.4. The van der Waals surface area contributed by atoms with Crippen LogP contribution in [-0.4, -0.2) is 15.2 Å². The molecule has 4 heteroatoms. The highest BCUT2D eigenvalue weighted by Crippen LogP contribution is 2.25. The molecule has 0 saturated carbocycles. The molecule has 27 heavy (non-hydrogen) atoms. The van der Waals surface area contributed by atoms with Gasteiger partial charge in [-0.3, -0.25) is 9.89 Å². The van der Waals surface area contributed by atoms with Crippen molar-refractivity contribution in [1.29, 1.82) is 0 Å². The fourth-order valence-electron chi connectivity index (χ4n) is 3.42. The van der Waals surface area contributed by atoms with Gasteiger partial charge in [0.05, 0.1) is 11.1 Å². The Balaban J connectivity index is 1.44. The molecule has 1 aliphatic carbocycles. The van der Waals surface area contributed by atoms with Crippen LogP contribution < -0.4 is 5.43 Å². The normalized spacial score (nSPS) is 12.8. The fraction of sp³-hybridized carbons (Fsp3) is 0.0435. The lowest BCUT2D eigenvalue weighted by atomic mass is 10.0. The molecule has 2 aromatic heterocycles. The summed E-state index contributed by atoms with van der Waals surface area (Å²) in [4.78, 5) is 15.9. The zero-order chi connectivity index (χ0) is 18.2. The minimum atomic E-state index is -0.00962. The molecule has 1 aliphatic rings. The fourth-order valence-corrected chi connectivity index (χ4v) is 3.42. The third-order valence-corrected chi connectivity index (χ3v) is 4.89. The molecule has 0 spiro atoms. The predicted molar refractivity (Wildman–Crippen MR) is 109 cm³/mol. The molecule has 0 unspecified atom stereocenters. The van der Waals surface area contributed by atoms with E-state index in [0.717, 1.165) is 22.5 Å². The maximum Gasteiger partial charge on any atom is 0.193 e. The minimum Gasteiger partial charge on any atom is -0.341 e. The molecule has 0 radical (unpaired) electrons. The van der Waals surface area contributed by atoms with E-state index in [1.807, 2.05) is 36.4 Å². The number of pyridine rings is 1. The van der Waals surface area contributed by atoms with Gasteiger partial charge in [-0.1, -0.05) is 72.8 Å². The Labute approximate surface area is 155 Å². The molecule has 0 aliphatic heterocycles. The predicted octanol–water partition coefficient (Wildman–Crippen LogP) is 4.46. The van der Waals surface area contributed by atoms with Gasteiger partial charge in [-0.2, -0.15) is 5.10 Å². The largest absolute Gasteiger partial charge is 0.341 e. The number of fused-ring (bicyclic) bond motifs is 1. The van der Waals surface area contributed by atoms with E-state index in [1.54, 1.807) is 6.07 Å². The number of hydrogen-bond donors (Lipinski definition) is 2. The zero-order valence-corrected chi connectivity index (χ0v) is 14.6. The first kappa shape index (κ1) is 15.6. The van der Waals surface area contributed by atoms with Crippen LogP contribution in [-0.2, 0) is 6.42 Å². The van der Waals surface area contributed by atoms with E-state index in [4.69, 9.17) is 0 Å². The van der Waals surface area contributed by atoms with E-state index in [-0.39, 0.29) is 5.43 Å². The lowest BCUT2D eigenvalue weighted by Gasteiger charge is -2.06. The van der Waals surface area contributed by atoms with Crippen molar-refractivity contribution in [2.24, 2.45) is 0 Å². The third kappa shape index (κ3) is 2.81. The van der Waals surface area contributed by atoms with Crippen LogP contribution in [0.5, 0.6) is 0 Å². The van der Waals surface area contributed by atoms with Crippen LogP contribution in [0.1, 0.15) is 17.0 Å². The number of benzene rings is 2. The Morgan fingerprint density at radius 3 is 2.37 bits per heavy atom. The number of H-pyrrole nitrogens is 2. The summed E-state index contributed by atoms with van der Waals surface area (Å²) in [6.07, 6.45) is 6.54. The average molecular weight is 351 g/mol. The standard InChI is InChI=1S/C23H17N3O/c27-20-14-19(24-23-21(20)22(25-26-23)18-7-4-8-18)13-15-9-11-17(12-10-15)16-5-2-1-3-6-16/h1-12,14H,13H2,(H2,24,25,26,27). The van der Waals surface area contributed by atoms with Crippen LogP contribution in [0.4, 0.5) is 0 Å². The molecule has 0 amide bonds. The number of rotatable bonds is 4. The summed E-state index contributed by atoms with van der Waals surface area (Å²) >= 11 is 0. The topological polar surface area (TPSA) is 61.5 Å². The molecular weight excluding hydrogens is 334 g/mol. The number of aromatic nitrogens is 3. The Morgan fingerprint density at radius 2 is 1.67 bits per heavy atom. The van der Waals surface area contributed by atoms with E-state index < -0.39 is 0 Å². The van der Waals surface area contributed by atoms with Crippen molar-refractivity contribution in [1.82, 2.24) is 15.2 Å². The van der Waals surface area contributed by atoms with Gasteiger partial charge in [0.2, 0.25) is 0 Å². The Morgan fingerprint density at radius 1 is 0.926 bits per heavy atom. The highest BCUT2D eigenvalue weighted by Gasteiger charge is 2.15. The van der Waals surface area contributed by atoms with Crippen molar-refractivity contribution in [3.05, 3.63) is 106 Å². The summed E-state index contributed by atoms with van der Waals surface area (Å²) < 4.78 is 0. The highest BCUT2D eigenvalue weighted by atomic mass is 16.1. The van der Waals surface area contributed by atoms with E-state index in [0.29, 0.717) is 17.5 Å².